The molecule has 0 bridgehead atoms. The highest BCUT2D eigenvalue weighted by Gasteiger charge is 2.52. The predicted octanol–water partition coefficient (Wildman–Crippen LogP) is 1.21. The summed E-state index contributed by atoms with van der Waals surface area (Å²) >= 11 is 3.11. The monoisotopic (exact) mass is 622 g/mol. The molecule has 14 heteroatoms. The predicted molar refractivity (Wildman–Crippen MR) is 158 cm³/mol. The number of nitrogens with one attached hydrogen (secondary N) is 2. The van der Waals surface area contributed by atoms with Crippen LogP contribution in [0.15, 0.2) is 32.5 Å². The third kappa shape index (κ3) is 6.09. The first kappa shape index (κ1) is 31.3. The van der Waals surface area contributed by atoms with Crippen molar-refractivity contribution >= 4 is 38.9 Å². The number of aryl methyl sites for hydroxylation is 1. The van der Waals surface area contributed by atoms with Gasteiger partial charge in [-0.2, -0.15) is 0 Å². The van der Waals surface area contributed by atoms with Gasteiger partial charge in [0.05, 0.1) is 12.8 Å². The lowest BCUT2D eigenvalue weighted by molar-refractivity contribution is 0.203. The van der Waals surface area contributed by atoms with Crippen molar-refractivity contribution < 1.29 is 14.6 Å². The number of aromatic nitrogens is 4. The lowest BCUT2D eigenvalue weighted by Gasteiger charge is -2.32. The molecule has 0 spiro atoms. The van der Waals surface area contributed by atoms with Gasteiger partial charge >= 0.3 is 11.8 Å². The van der Waals surface area contributed by atoms with Crippen LogP contribution in [0.25, 0.3) is 11.2 Å². The summed E-state index contributed by atoms with van der Waals surface area (Å²) < 4.78 is 8.05. The highest BCUT2D eigenvalue weighted by molar-refractivity contribution is 9.10. The van der Waals surface area contributed by atoms with E-state index in [0.29, 0.717) is 27.8 Å². The van der Waals surface area contributed by atoms with Gasteiger partial charge < -0.3 is 30.8 Å². The van der Waals surface area contributed by atoms with Crippen molar-refractivity contribution in [3.63, 3.8) is 0 Å². The van der Waals surface area contributed by atoms with E-state index >= 15 is 0 Å². The van der Waals surface area contributed by atoms with Gasteiger partial charge in [0.2, 0.25) is 0 Å². The fourth-order valence-electron chi connectivity index (χ4n) is 5.07. The zero-order valence-corrected chi connectivity index (χ0v) is 25.8. The van der Waals surface area contributed by atoms with Crippen LogP contribution >= 0.6 is 15.9 Å². The third-order valence-electron chi connectivity index (χ3n) is 7.19. The number of aliphatic hydroxyl groups excluding tert-OH is 1. The number of carbonyl (C=O) groups excluding carboxylic acids is 1. The van der Waals surface area contributed by atoms with E-state index in [-0.39, 0.29) is 23.3 Å². The van der Waals surface area contributed by atoms with E-state index in [2.05, 4.69) is 62.0 Å². The highest BCUT2D eigenvalue weighted by Crippen LogP contribution is 2.51. The number of nitrogens with zero attached hydrogens (tertiary/aromatic N) is 5. The number of imidazole rings is 1. The van der Waals surface area contributed by atoms with Crippen molar-refractivity contribution in [3.8, 4) is 5.75 Å². The van der Waals surface area contributed by atoms with Crippen molar-refractivity contribution in [2.75, 3.05) is 39.2 Å². The topological polar surface area (TPSA) is 164 Å². The maximum Gasteiger partial charge on any atom is 0.412 e. The summed E-state index contributed by atoms with van der Waals surface area (Å²) in [6.07, 6.45) is 1.07. The smallest absolute Gasteiger partial charge is 0.410 e. The van der Waals surface area contributed by atoms with Crippen LogP contribution in [0.3, 0.4) is 0 Å². The van der Waals surface area contributed by atoms with Gasteiger partial charge in [-0.25, -0.2) is 14.6 Å². The van der Waals surface area contributed by atoms with Gasteiger partial charge in [-0.05, 0) is 67.0 Å². The van der Waals surface area contributed by atoms with E-state index in [0.717, 1.165) is 17.5 Å². The van der Waals surface area contributed by atoms with E-state index in [9.17, 15) is 14.4 Å². The largest absolute Gasteiger partial charge is 0.412 e. The maximum atomic E-state index is 11.6. The Morgan fingerprint density at radius 1 is 1.27 bits per heavy atom. The number of nitrogens with two attached hydrogens (primary N) is 1. The molecular formula is C26H39BrN8O5. The summed E-state index contributed by atoms with van der Waals surface area (Å²) in [7, 11) is 8.86. The molecule has 0 saturated carbocycles. The SMILES string of the molecule is CC(C)(N)CO.CNC(=O)Oc1ccc2c(c1)[C@]1(C)CCN(C)[C@@H]1N2C.Cn1c(=O)c2[nH]c(Br)nc2n(C)c1=O. The average molecular weight is 624 g/mol. The molecule has 13 nitrogen and oxygen atoms in total. The molecule has 1 fully saturated rings. The zero-order chi connectivity index (χ0) is 30.2. The molecule has 2 atom stereocenters. The molecule has 5 rings (SSSR count). The first-order chi connectivity index (χ1) is 18.5. The second kappa shape index (κ2) is 11.7. The number of aromatic amines is 1. The Bertz CT molecular complexity index is 1510. The number of anilines is 1. The molecule has 0 unspecified atom stereocenters. The minimum atomic E-state index is -0.429. The van der Waals surface area contributed by atoms with Crippen LogP contribution in [-0.4, -0.2) is 81.2 Å². The van der Waals surface area contributed by atoms with Crippen molar-refractivity contribution in [1.29, 1.82) is 0 Å². The van der Waals surface area contributed by atoms with E-state index in [1.807, 2.05) is 18.2 Å². The fraction of sp³-hybridized carbons (Fsp3) is 0.538. The molecule has 2 aliphatic rings. The van der Waals surface area contributed by atoms with E-state index in [1.54, 1.807) is 27.9 Å². The minimum Gasteiger partial charge on any atom is -0.410 e. The Hall–Kier alpha value is -3.20. The molecule has 3 aromatic rings. The molecule has 4 heterocycles. The normalized spacial score (nSPS) is 19.8. The van der Waals surface area contributed by atoms with Crippen molar-refractivity contribution in [2.24, 2.45) is 19.8 Å². The van der Waals surface area contributed by atoms with E-state index in [1.165, 1.54) is 22.9 Å². The van der Waals surface area contributed by atoms with Gasteiger partial charge in [0.1, 0.15) is 5.75 Å². The number of rotatable bonds is 2. The van der Waals surface area contributed by atoms with Crippen LogP contribution < -0.4 is 31.9 Å². The van der Waals surface area contributed by atoms with E-state index < -0.39 is 11.6 Å². The molecule has 1 amide bonds. The molecule has 0 aliphatic carbocycles. The number of hydrogen-bond acceptors (Lipinski definition) is 9. The molecule has 5 N–H and O–H groups in total. The van der Waals surface area contributed by atoms with Gasteiger partial charge in [0.25, 0.3) is 5.56 Å². The second-order valence-electron chi connectivity index (χ2n) is 11.0. The number of likely N-dealkylation sites (tertiary alicyclic amines) is 1. The number of carbonyl (C=O) groups is 1. The lowest BCUT2D eigenvalue weighted by atomic mass is 9.81. The summed E-state index contributed by atoms with van der Waals surface area (Å²) in [4.78, 5) is 45.8. The standard InChI is InChI=1S/C15H21N3O2.C7H7BrN4O2.C4H11NO/c1-15-7-8-17(3)13(15)18(4)12-6-5-10(9-11(12)15)20-14(19)16-2;1-11-4-3(9-6(8)10-4)5(13)12(2)7(11)14;1-4(2,5)3-6/h5-6,9,13H,7-8H2,1-4H3,(H,16,19);1-2H3,(H,9,10);6H,3,5H2,1-2H3/t13-,15+;;/m1../s1. The molecule has 2 aliphatic heterocycles. The van der Waals surface area contributed by atoms with Crippen LogP contribution in [0.2, 0.25) is 0 Å². The lowest BCUT2D eigenvalue weighted by Crippen LogP contribution is -2.45. The van der Waals surface area contributed by atoms with Gasteiger partial charge in [0.15, 0.2) is 15.9 Å². The van der Waals surface area contributed by atoms with Crippen molar-refractivity contribution in [3.05, 3.63) is 49.3 Å². The third-order valence-corrected chi connectivity index (χ3v) is 7.57. The Morgan fingerprint density at radius 2 is 1.90 bits per heavy atom. The van der Waals surface area contributed by atoms with E-state index in [4.69, 9.17) is 15.6 Å². The minimum absolute atomic E-state index is 0.0486. The number of halogens is 1. The van der Waals surface area contributed by atoms with Crippen LogP contribution in [-0.2, 0) is 19.5 Å². The number of H-pyrrole nitrogens is 1. The van der Waals surface area contributed by atoms with Crippen molar-refractivity contribution in [2.45, 2.75) is 44.3 Å². The van der Waals surface area contributed by atoms with Gasteiger partial charge in [0, 0.05) is 51.4 Å². The number of hydrogen-bond donors (Lipinski definition) is 4. The fourth-order valence-corrected chi connectivity index (χ4v) is 5.44. The number of likely N-dealkylation sites (N-methyl/N-ethyl adjacent to an activating group) is 2. The summed E-state index contributed by atoms with van der Waals surface area (Å²) in [5.41, 5.74) is 7.40. The zero-order valence-electron chi connectivity index (χ0n) is 24.2. The number of fused-ring (bicyclic) bond motifs is 4. The Labute approximate surface area is 241 Å². The quantitative estimate of drug-likeness (QED) is 0.307. The highest BCUT2D eigenvalue weighted by atomic mass is 79.9. The molecule has 1 saturated heterocycles. The number of aliphatic hydroxyl groups is 1. The Kier molecular flexibility index (Phi) is 9.19. The molecular weight excluding hydrogens is 584 g/mol. The average Bonchev–Trinajstić information content (AvgIpc) is 3.52. The molecule has 1 aromatic carbocycles. The molecule has 220 valence electrons. The summed E-state index contributed by atoms with van der Waals surface area (Å²) in [6, 6.07) is 5.92. The van der Waals surface area contributed by atoms with Crippen LogP contribution in [0.4, 0.5) is 10.5 Å². The van der Waals surface area contributed by atoms with Crippen LogP contribution in [0, 0.1) is 0 Å². The second-order valence-corrected chi connectivity index (χ2v) is 11.8. The Morgan fingerprint density at radius 3 is 2.48 bits per heavy atom. The summed E-state index contributed by atoms with van der Waals surface area (Å²) in [5, 5.41) is 10.8. The van der Waals surface area contributed by atoms with Crippen molar-refractivity contribution in [1.82, 2.24) is 29.3 Å². The molecule has 2 aromatic heterocycles. The summed E-state index contributed by atoms with van der Waals surface area (Å²) in [6.45, 7) is 6.98. The summed E-state index contributed by atoms with van der Waals surface area (Å²) in [5.74, 6) is 0.605. The molecule has 40 heavy (non-hydrogen) atoms. The van der Waals surface area contributed by atoms with Gasteiger partial charge in [-0.3, -0.25) is 18.8 Å². The number of benzene rings is 1. The van der Waals surface area contributed by atoms with Gasteiger partial charge in [-0.1, -0.05) is 6.92 Å². The first-order valence-corrected chi connectivity index (χ1v) is 13.5. The number of ether oxygens (including phenoxy) is 1. The first-order valence-electron chi connectivity index (χ1n) is 12.7. The number of amides is 1. The van der Waals surface area contributed by atoms with Crippen LogP contribution in [0.5, 0.6) is 5.75 Å². The van der Waals surface area contributed by atoms with Crippen LogP contribution in [0.1, 0.15) is 32.8 Å². The van der Waals surface area contributed by atoms with Gasteiger partial charge in [-0.15, -0.1) is 0 Å². The molecule has 0 radical (unpaired) electrons. The maximum absolute atomic E-state index is 11.6. The Balaban J connectivity index is 0.000000192.